The molecule has 0 atom stereocenters. The Balaban J connectivity index is 1.92. The number of nitrogens with zero attached hydrogens (tertiary/aromatic N) is 3. The van der Waals surface area contributed by atoms with Crippen LogP contribution >= 0.6 is 0 Å². The maximum Gasteiger partial charge on any atom is 0.573 e. The molecule has 1 aromatic heterocycles. The van der Waals surface area contributed by atoms with Gasteiger partial charge in [-0.3, -0.25) is 4.79 Å². The Kier molecular flexibility index (Phi) is 8.13. The Morgan fingerprint density at radius 3 is 2.00 bits per heavy atom. The van der Waals surface area contributed by atoms with Gasteiger partial charge in [0.25, 0.3) is 5.91 Å². The smallest absolute Gasteiger partial charge is 0.505 e. The first-order valence-electron chi connectivity index (χ1n) is 11.3. The van der Waals surface area contributed by atoms with E-state index >= 15 is 0 Å². The SMILES string of the molecule is [B]c1cc(-c2c([B])c([B])c3c(c2[B])C(=O)N(Cc2nc([B])c([B])c([B])n2)CC([B])([B])O3)c([B])c([B])c1OC(F)(F)F. The van der Waals surface area contributed by atoms with Crippen molar-refractivity contribution in [1.29, 1.82) is 0 Å². The quantitative estimate of drug-likeness (QED) is 0.319. The van der Waals surface area contributed by atoms with Crippen LogP contribution in [0.3, 0.4) is 0 Å². The first kappa shape index (κ1) is 31.0. The van der Waals surface area contributed by atoms with E-state index in [1.807, 2.05) is 0 Å². The molecule has 0 saturated carbocycles. The number of carbonyl (C=O) groups is 1. The summed E-state index contributed by atoms with van der Waals surface area (Å²) < 4.78 is 48.2. The van der Waals surface area contributed by atoms with Gasteiger partial charge in [-0.05, 0) is 22.3 Å². The van der Waals surface area contributed by atoms with E-state index in [1.165, 1.54) is 0 Å². The summed E-state index contributed by atoms with van der Waals surface area (Å²) in [4.78, 5) is 22.9. The number of rotatable bonds is 4. The van der Waals surface area contributed by atoms with Gasteiger partial charge in [-0.1, -0.05) is 44.3 Å². The van der Waals surface area contributed by atoms with Gasteiger partial charge in [0.15, 0.2) is 0 Å². The number of hydrogen-bond acceptors (Lipinski definition) is 5. The molecule has 0 saturated heterocycles. The predicted molar refractivity (Wildman–Crippen MR) is 159 cm³/mol. The van der Waals surface area contributed by atoms with E-state index in [0.717, 1.165) is 11.0 Å². The zero-order valence-corrected chi connectivity index (χ0v) is 21.0. The predicted octanol–water partition coefficient (Wildman–Crippen LogP) is -7.79. The largest absolute Gasteiger partial charge is 0.573 e. The maximum atomic E-state index is 13.9. The fourth-order valence-corrected chi connectivity index (χ4v) is 4.23. The summed E-state index contributed by atoms with van der Waals surface area (Å²) in [7, 11) is 65.9. The minimum absolute atomic E-state index is 0.0333. The highest BCUT2D eigenvalue weighted by molar-refractivity contribution is 6.60. The van der Waals surface area contributed by atoms with Crippen molar-refractivity contribution in [3.8, 4) is 22.6 Å². The summed E-state index contributed by atoms with van der Waals surface area (Å²) in [6, 6.07) is 0.977. The zero-order valence-electron chi connectivity index (χ0n) is 21.0. The molecule has 1 aliphatic rings. The number of ether oxygens (including phenoxy) is 2. The van der Waals surface area contributed by atoms with Crippen LogP contribution in [0.4, 0.5) is 13.2 Å². The van der Waals surface area contributed by atoms with E-state index in [-0.39, 0.29) is 67.8 Å². The summed E-state index contributed by atoms with van der Waals surface area (Å²) in [5, 5.41) is -2.04. The summed E-state index contributed by atoms with van der Waals surface area (Å²) >= 11 is 0. The molecule has 3 aromatic rings. The highest BCUT2D eigenvalue weighted by Crippen LogP contribution is 2.28. The van der Waals surface area contributed by atoms with Gasteiger partial charge in [0.2, 0.25) is 0 Å². The summed E-state index contributed by atoms with van der Waals surface area (Å²) in [5.41, 5.74) is -3.75. The maximum absolute atomic E-state index is 13.9. The number of halogens is 3. The van der Waals surface area contributed by atoms with Crippen LogP contribution in [0.15, 0.2) is 6.07 Å². The lowest BCUT2D eigenvalue weighted by Crippen LogP contribution is -2.49. The number of alkyl halides is 3. The Morgan fingerprint density at radius 2 is 1.44 bits per heavy atom. The molecule has 0 N–H and O–H groups in total. The molecule has 0 unspecified atom stereocenters. The van der Waals surface area contributed by atoms with Crippen molar-refractivity contribution in [2.75, 3.05) is 6.54 Å². The van der Waals surface area contributed by atoms with Crippen molar-refractivity contribution >= 4 is 142 Å². The molecule has 176 valence electrons. The second kappa shape index (κ2) is 10.7. The van der Waals surface area contributed by atoms with Crippen LogP contribution in [0.5, 0.6) is 11.5 Å². The van der Waals surface area contributed by atoms with E-state index < -0.39 is 46.4 Å². The second-order valence-electron chi connectivity index (χ2n) is 9.08. The third-order valence-electron chi connectivity index (χ3n) is 6.06. The molecule has 41 heavy (non-hydrogen) atoms. The van der Waals surface area contributed by atoms with E-state index in [1.54, 1.807) is 0 Å². The average molecular weight is 523 g/mol. The Labute approximate surface area is 248 Å². The molecule has 1 aliphatic heterocycles. The molecular formula is C21H5B11F3N3O3. The highest BCUT2D eigenvalue weighted by Gasteiger charge is 2.37. The monoisotopic (exact) mass is 525 g/mol. The Morgan fingerprint density at radius 1 is 0.854 bits per heavy atom. The van der Waals surface area contributed by atoms with Gasteiger partial charge in [-0.25, -0.2) is 9.97 Å². The van der Waals surface area contributed by atoms with Crippen LogP contribution in [0, 0.1) is 0 Å². The molecular weight excluding hydrogens is 518 g/mol. The minimum Gasteiger partial charge on any atom is -0.505 e. The molecule has 0 spiro atoms. The van der Waals surface area contributed by atoms with Gasteiger partial charge in [-0.15, -0.1) is 13.2 Å². The van der Waals surface area contributed by atoms with Gasteiger partial charge in [0.1, 0.15) is 104 Å². The lowest BCUT2D eigenvalue weighted by atomic mass is 9.64. The molecule has 4 rings (SSSR count). The molecule has 0 fully saturated rings. The Hall–Kier alpha value is -2.91. The molecule has 0 bridgehead atoms. The number of fused-ring (bicyclic) bond motifs is 1. The molecule has 22 radical (unpaired) electrons. The standard InChI is InChI=1S/C21H5B11F3N3O3/c22-5-1-4(9(23)12(26)15(5)41-21(33,34)35)7-10(24)8-16(13(27)11(7)25)40-20(31,32)3-38(19(8)39)2-6-36-17(29)14(28)18(30)37-6/h1H,2-3H2. The van der Waals surface area contributed by atoms with Crippen LogP contribution in [0.1, 0.15) is 16.2 Å². The van der Waals surface area contributed by atoms with Gasteiger partial charge < -0.3 is 14.4 Å². The number of amides is 1. The fourth-order valence-electron chi connectivity index (χ4n) is 4.23. The van der Waals surface area contributed by atoms with E-state index in [9.17, 15) is 18.0 Å². The zero-order chi connectivity index (χ0) is 30.8. The molecule has 0 aliphatic carbocycles. The van der Waals surface area contributed by atoms with Crippen LogP contribution in [-0.2, 0) is 6.54 Å². The molecule has 2 heterocycles. The number of benzene rings is 2. The van der Waals surface area contributed by atoms with Crippen LogP contribution in [0.2, 0.25) is 0 Å². The van der Waals surface area contributed by atoms with Gasteiger partial charge in [0, 0.05) is 11.9 Å². The normalized spacial score (nSPS) is 14.7. The molecule has 1 amide bonds. The van der Waals surface area contributed by atoms with E-state index in [4.69, 9.17) is 91.0 Å². The topological polar surface area (TPSA) is 64.6 Å². The summed E-state index contributed by atoms with van der Waals surface area (Å²) in [6.07, 6.45) is -5.13. The van der Waals surface area contributed by atoms with Crippen molar-refractivity contribution < 1.29 is 27.4 Å². The third-order valence-corrected chi connectivity index (χ3v) is 6.06. The Bertz CT molecular complexity index is 1580. The van der Waals surface area contributed by atoms with Crippen LogP contribution in [-0.4, -0.2) is 125 Å². The van der Waals surface area contributed by atoms with Crippen molar-refractivity contribution in [3.05, 3.63) is 17.5 Å². The van der Waals surface area contributed by atoms with Gasteiger partial charge in [-0.2, -0.15) is 0 Å². The lowest BCUT2D eigenvalue weighted by molar-refractivity contribution is -0.273. The van der Waals surface area contributed by atoms with Crippen molar-refractivity contribution in [2.24, 2.45) is 0 Å². The molecule has 20 heteroatoms. The number of hydrogen-bond donors (Lipinski definition) is 0. The first-order valence-corrected chi connectivity index (χ1v) is 11.3. The highest BCUT2D eigenvalue weighted by atomic mass is 19.4. The van der Waals surface area contributed by atoms with Gasteiger partial charge >= 0.3 is 6.36 Å². The van der Waals surface area contributed by atoms with Gasteiger partial charge in [0.05, 0.1) is 12.1 Å². The van der Waals surface area contributed by atoms with Crippen LogP contribution in [0.25, 0.3) is 11.1 Å². The number of carbonyl (C=O) groups excluding carboxylic acids is 1. The molecule has 6 nitrogen and oxygen atoms in total. The molecule has 2 aromatic carbocycles. The first-order chi connectivity index (χ1) is 18.8. The van der Waals surface area contributed by atoms with Crippen molar-refractivity contribution in [3.63, 3.8) is 0 Å². The second-order valence-corrected chi connectivity index (χ2v) is 9.08. The van der Waals surface area contributed by atoms with Crippen molar-refractivity contribution in [2.45, 2.75) is 18.3 Å². The lowest BCUT2D eigenvalue weighted by Gasteiger charge is -2.31. The summed E-state index contributed by atoms with van der Waals surface area (Å²) in [5.74, 6) is -2.18. The van der Waals surface area contributed by atoms with Crippen LogP contribution < -0.4 is 58.9 Å². The van der Waals surface area contributed by atoms with E-state index in [2.05, 4.69) is 14.7 Å². The van der Waals surface area contributed by atoms with Crippen molar-refractivity contribution in [1.82, 2.24) is 14.9 Å². The fraction of sp³-hybridized carbons (Fsp3) is 0.190. The van der Waals surface area contributed by atoms with E-state index in [0.29, 0.717) is 0 Å². The summed E-state index contributed by atoms with van der Waals surface area (Å²) in [6.45, 7) is -0.801. The minimum atomic E-state index is -5.13. The third kappa shape index (κ3) is 5.89. The number of aromatic nitrogens is 2. The average Bonchev–Trinajstić information content (AvgIpc) is 2.94.